The van der Waals surface area contributed by atoms with Crippen molar-refractivity contribution in [2.75, 3.05) is 12.4 Å². The van der Waals surface area contributed by atoms with Gasteiger partial charge in [-0.2, -0.15) is 0 Å². The fourth-order valence-corrected chi connectivity index (χ4v) is 3.79. The van der Waals surface area contributed by atoms with Crippen molar-refractivity contribution in [1.29, 1.82) is 0 Å². The third-order valence-electron chi connectivity index (χ3n) is 3.81. The molecule has 0 saturated carbocycles. The Hall–Kier alpha value is -1.00. The van der Waals surface area contributed by atoms with Crippen molar-refractivity contribution in [3.05, 3.63) is 29.8 Å². The molecule has 3 nitrogen and oxygen atoms in total. The highest BCUT2D eigenvalue weighted by Crippen LogP contribution is 2.41. The van der Waals surface area contributed by atoms with E-state index in [1.807, 2.05) is 36.9 Å². The first-order valence-electron chi connectivity index (χ1n) is 7.31. The van der Waals surface area contributed by atoms with Gasteiger partial charge in [-0.1, -0.05) is 25.1 Å². The fourth-order valence-electron chi connectivity index (χ4n) is 2.59. The number of benzene rings is 1. The number of fused-ring (bicyclic) bond motifs is 1. The van der Waals surface area contributed by atoms with E-state index in [0.29, 0.717) is 6.61 Å². The molecular weight excluding hydrogens is 270 g/mol. The van der Waals surface area contributed by atoms with Crippen LogP contribution in [0.4, 0.5) is 0 Å². The smallest absolute Gasteiger partial charge is 0.331 e. The molecule has 1 N–H and O–H groups in total. The zero-order valence-electron chi connectivity index (χ0n) is 12.4. The summed E-state index contributed by atoms with van der Waals surface area (Å²) in [5.41, 5.74) is 0.378. The Morgan fingerprint density at radius 2 is 2.20 bits per heavy atom. The zero-order valence-corrected chi connectivity index (χ0v) is 13.3. The van der Waals surface area contributed by atoms with Crippen molar-refractivity contribution in [1.82, 2.24) is 5.32 Å². The van der Waals surface area contributed by atoms with Gasteiger partial charge in [0.2, 0.25) is 0 Å². The van der Waals surface area contributed by atoms with Gasteiger partial charge in [-0.15, -0.1) is 11.8 Å². The highest BCUT2D eigenvalue weighted by Gasteiger charge is 2.45. The van der Waals surface area contributed by atoms with E-state index in [0.717, 1.165) is 24.2 Å². The van der Waals surface area contributed by atoms with Crippen molar-refractivity contribution in [3.8, 4) is 0 Å². The number of thioether (sulfide) groups is 1. The maximum Gasteiger partial charge on any atom is 0.331 e. The van der Waals surface area contributed by atoms with Gasteiger partial charge >= 0.3 is 5.97 Å². The van der Waals surface area contributed by atoms with Crippen LogP contribution in [0.3, 0.4) is 0 Å². The van der Waals surface area contributed by atoms with Gasteiger partial charge in [-0.25, -0.2) is 4.79 Å². The lowest BCUT2D eigenvalue weighted by Gasteiger charge is -2.39. The molecule has 1 aromatic carbocycles. The summed E-state index contributed by atoms with van der Waals surface area (Å²) in [6.07, 6.45) is 1.76. The Morgan fingerprint density at radius 1 is 1.45 bits per heavy atom. The van der Waals surface area contributed by atoms with Crippen LogP contribution in [0.25, 0.3) is 0 Å². The van der Waals surface area contributed by atoms with Crippen molar-refractivity contribution in [3.63, 3.8) is 0 Å². The van der Waals surface area contributed by atoms with Crippen LogP contribution in [-0.4, -0.2) is 24.4 Å². The lowest BCUT2D eigenvalue weighted by atomic mass is 9.85. The summed E-state index contributed by atoms with van der Waals surface area (Å²) in [4.78, 5) is 13.8. The van der Waals surface area contributed by atoms with Crippen LogP contribution in [0.15, 0.2) is 29.2 Å². The Morgan fingerprint density at radius 3 is 2.90 bits per heavy atom. The lowest BCUT2D eigenvalue weighted by Crippen LogP contribution is -2.55. The lowest BCUT2D eigenvalue weighted by molar-refractivity contribution is -0.152. The molecule has 2 unspecified atom stereocenters. The third kappa shape index (κ3) is 2.86. The summed E-state index contributed by atoms with van der Waals surface area (Å²) in [6.45, 7) is 6.52. The molecule has 0 radical (unpaired) electrons. The number of rotatable bonds is 5. The first-order valence-corrected chi connectivity index (χ1v) is 8.29. The minimum atomic E-state index is -0.687. The van der Waals surface area contributed by atoms with Crippen LogP contribution in [0.5, 0.6) is 0 Å². The second-order valence-electron chi connectivity index (χ2n) is 5.17. The molecule has 0 bridgehead atoms. The molecule has 1 aromatic rings. The molecule has 110 valence electrons. The Bertz CT molecular complexity index is 477. The first kappa shape index (κ1) is 15.4. The van der Waals surface area contributed by atoms with E-state index in [-0.39, 0.29) is 12.0 Å². The largest absolute Gasteiger partial charge is 0.464 e. The number of ether oxygens (including phenoxy) is 1. The molecule has 0 amide bonds. The highest BCUT2D eigenvalue weighted by atomic mass is 32.2. The van der Waals surface area contributed by atoms with Crippen molar-refractivity contribution in [2.45, 2.75) is 50.1 Å². The van der Waals surface area contributed by atoms with E-state index >= 15 is 0 Å². The number of hydrogen-bond donors (Lipinski definition) is 1. The van der Waals surface area contributed by atoms with E-state index in [2.05, 4.69) is 25.2 Å². The molecular formula is C16H23NO2S. The van der Waals surface area contributed by atoms with Gasteiger partial charge in [0.15, 0.2) is 0 Å². The Balaban J connectivity index is 2.44. The molecule has 1 aliphatic heterocycles. The normalized spacial score (nSPS) is 22.9. The van der Waals surface area contributed by atoms with Crippen LogP contribution < -0.4 is 5.32 Å². The molecule has 1 aliphatic rings. The number of esters is 1. The molecule has 0 spiro atoms. The summed E-state index contributed by atoms with van der Waals surface area (Å²) >= 11 is 1.81. The van der Waals surface area contributed by atoms with Crippen LogP contribution in [-0.2, 0) is 15.1 Å². The number of carbonyl (C=O) groups is 1. The Kier molecular flexibility index (Phi) is 5.11. The number of nitrogens with one attached hydrogen (secondary N) is 1. The third-order valence-corrected chi connectivity index (χ3v) is 4.89. The van der Waals surface area contributed by atoms with Gasteiger partial charge in [-0.05, 0) is 38.3 Å². The van der Waals surface area contributed by atoms with E-state index in [1.165, 1.54) is 4.90 Å². The van der Waals surface area contributed by atoms with Crippen LogP contribution in [0.2, 0.25) is 0 Å². The SMILES string of the molecule is CCOC(=O)C1(NC(C)CC)CCSc2ccccc21. The molecule has 0 fully saturated rings. The maximum absolute atomic E-state index is 12.6. The van der Waals surface area contributed by atoms with Gasteiger partial charge in [0.05, 0.1) is 6.61 Å². The van der Waals surface area contributed by atoms with Crippen molar-refractivity contribution < 1.29 is 9.53 Å². The van der Waals surface area contributed by atoms with E-state index in [9.17, 15) is 4.79 Å². The predicted octanol–water partition coefficient (Wildman–Crippen LogP) is 3.33. The molecule has 2 rings (SSSR count). The molecule has 0 aromatic heterocycles. The minimum Gasteiger partial charge on any atom is -0.464 e. The molecule has 0 saturated heterocycles. The highest BCUT2D eigenvalue weighted by molar-refractivity contribution is 7.99. The predicted molar refractivity (Wildman–Crippen MR) is 83.0 cm³/mol. The summed E-state index contributed by atoms with van der Waals surface area (Å²) in [6, 6.07) is 8.43. The van der Waals surface area contributed by atoms with Gasteiger partial charge < -0.3 is 4.74 Å². The first-order chi connectivity index (χ1) is 9.64. The van der Waals surface area contributed by atoms with E-state index in [4.69, 9.17) is 4.74 Å². The van der Waals surface area contributed by atoms with Crippen molar-refractivity contribution >= 4 is 17.7 Å². The average molecular weight is 293 g/mol. The van der Waals surface area contributed by atoms with Gasteiger partial charge in [0.1, 0.15) is 5.54 Å². The van der Waals surface area contributed by atoms with Gasteiger partial charge in [0, 0.05) is 16.7 Å². The second kappa shape index (κ2) is 6.64. The topological polar surface area (TPSA) is 38.3 Å². The number of carbonyl (C=O) groups excluding carboxylic acids is 1. The molecule has 20 heavy (non-hydrogen) atoms. The van der Waals surface area contributed by atoms with E-state index < -0.39 is 5.54 Å². The molecule has 0 aliphatic carbocycles. The van der Waals surface area contributed by atoms with Gasteiger partial charge in [0.25, 0.3) is 0 Å². The quantitative estimate of drug-likeness (QED) is 0.845. The van der Waals surface area contributed by atoms with Crippen LogP contribution in [0.1, 0.15) is 39.2 Å². The van der Waals surface area contributed by atoms with Gasteiger partial charge in [-0.3, -0.25) is 5.32 Å². The van der Waals surface area contributed by atoms with Crippen molar-refractivity contribution in [2.24, 2.45) is 0 Å². The average Bonchev–Trinajstić information content (AvgIpc) is 2.47. The number of hydrogen-bond acceptors (Lipinski definition) is 4. The summed E-state index contributed by atoms with van der Waals surface area (Å²) in [5.74, 6) is 0.784. The zero-order chi connectivity index (χ0) is 14.6. The van der Waals surface area contributed by atoms with Crippen LogP contribution in [0, 0.1) is 0 Å². The maximum atomic E-state index is 12.6. The second-order valence-corrected chi connectivity index (χ2v) is 6.31. The molecule has 2 atom stereocenters. The standard InChI is InChI=1S/C16H23NO2S/c1-4-12(3)17-16(15(18)19-5-2)10-11-20-14-9-7-6-8-13(14)16/h6-9,12,17H,4-5,10-11H2,1-3H3. The minimum absolute atomic E-state index is 0.145. The Labute approximate surface area is 125 Å². The van der Waals surface area contributed by atoms with Crippen LogP contribution >= 0.6 is 11.8 Å². The summed E-state index contributed by atoms with van der Waals surface area (Å²) in [5, 5.41) is 3.53. The molecule has 1 heterocycles. The molecule has 4 heteroatoms. The summed E-state index contributed by atoms with van der Waals surface area (Å²) < 4.78 is 5.38. The fraction of sp³-hybridized carbons (Fsp3) is 0.562. The van der Waals surface area contributed by atoms with E-state index in [1.54, 1.807) is 0 Å². The summed E-state index contributed by atoms with van der Waals surface area (Å²) in [7, 11) is 0. The monoisotopic (exact) mass is 293 g/mol.